The molecule has 0 spiro atoms. The van der Waals surface area contributed by atoms with Crippen LogP contribution in [-0.2, 0) is 11.3 Å². The summed E-state index contributed by atoms with van der Waals surface area (Å²) in [5.41, 5.74) is 2.59. The lowest BCUT2D eigenvalue weighted by Crippen LogP contribution is -2.36. The highest BCUT2D eigenvalue weighted by molar-refractivity contribution is 5.94. The molecule has 0 aromatic heterocycles. The standard InChI is InChI=1S/C23H29N3O2/c1-26(17-18-8-4-2-5-9-18)22(27)16-24-20-14-12-19(13-15-20)23(28)25-21-10-6-3-7-11-21/h2,4-5,8-9,12-15,21,24H,3,6-7,10-11,16-17H2,1H3,(H,25,28). The van der Waals surface area contributed by atoms with Gasteiger partial charge in [-0.1, -0.05) is 49.6 Å². The van der Waals surface area contributed by atoms with Crippen molar-refractivity contribution in [2.24, 2.45) is 0 Å². The summed E-state index contributed by atoms with van der Waals surface area (Å²) < 4.78 is 0. The molecule has 0 saturated heterocycles. The average Bonchev–Trinajstić information content (AvgIpc) is 2.73. The van der Waals surface area contributed by atoms with Crippen molar-refractivity contribution in [2.45, 2.75) is 44.7 Å². The highest BCUT2D eigenvalue weighted by atomic mass is 16.2. The van der Waals surface area contributed by atoms with Gasteiger partial charge in [0.1, 0.15) is 0 Å². The molecule has 0 unspecified atom stereocenters. The predicted octanol–water partition coefficient (Wildman–Crippen LogP) is 3.82. The summed E-state index contributed by atoms with van der Waals surface area (Å²) in [7, 11) is 1.80. The lowest BCUT2D eigenvalue weighted by molar-refractivity contribution is -0.128. The van der Waals surface area contributed by atoms with Gasteiger partial charge in [-0.25, -0.2) is 0 Å². The molecule has 2 aromatic rings. The molecule has 0 atom stereocenters. The molecule has 5 heteroatoms. The van der Waals surface area contributed by atoms with Gasteiger partial charge in [0.15, 0.2) is 0 Å². The van der Waals surface area contributed by atoms with E-state index >= 15 is 0 Å². The lowest BCUT2D eigenvalue weighted by atomic mass is 9.95. The topological polar surface area (TPSA) is 61.4 Å². The number of carbonyl (C=O) groups excluding carboxylic acids is 2. The van der Waals surface area contributed by atoms with Gasteiger partial charge in [0.2, 0.25) is 5.91 Å². The Labute approximate surface area is 167 Å². The minimum absolute atomic E-state index is 0.0166. The van der Waals surface area contributed by atoms with Crippen LogP contribution >= 0.6 is 0 Å². The van der Waals surface area contributed by atoms with Crippen LogP contribution in [0.15, 0.2) is 54.6 Å². The van der Waals surface area contributed by atoms with E-state index in [-0.39, 0.29) is 18.4 Å². The first-order valence-corrected chi connectivity index (χ1v) is 10.0. The van der Waals surface area contributed by atoms with E-state index in [0.717, 1.165) is 24.1 Å². The zero-order chi connectivity index (χ0) is 19.8. The summed E-state index contributed by atoms with van der Waals surface area (Å²) >= 11 is 0. The molecule has 0 bridgehead atoms. The molecule has 1 aliphatic carbocycles. The zero-order valence-electron chi connectivity index (χ0n) is 16.5. The maximum atomic E-state index is 12.4. The van der Waals surface area contributed by atoms with E-state index in [0.29, 0.717) is 18.2 Å². The molecular formula is C23H29N3O2. The Morgan fingerprint density at radius 3 is 2.32 bits per heavy atom. The van der Waals surface area contributed by atoms with Crippen LogP contribution in [-0.4, -0.2) is 36.3 Å². The van der Waals surface area contributed by atoms with Crippen molar-refractivity contribution >= 4 is 17.5 Å². The van der Waals surface area contributed by atoms with Crippen molar-refractivity contribution in [3.05, 3.63) is 65.7 Å². The molecule has 2 amide bonds. The number of anilines is 1. The number of likely N-dealkylation sites (N-methyl/N-ethyl adjacent to an activating group) is 1. The second-order valence-electron chi connectivity index (χ2n) is 7.47. The van der Waals surface area contributed by atoms with Gasteiger partial charge in [0.25, 0.3) is 5.91 Å². The van der Waals surface area contributed by atoms with Crippen molar-refractivity contribution in [2.75, 3.05) is 18.9 Å². The Morgan fingerprint density at radius 2 is 1.64 bits per heavy atom. The van der Waals surface area contributed by atoms with Gasteiger partial charge in [0, 0.05) is 30.9 Å². The second-order valence-corrected chi connectivity index (χ2v) is 7.47. The predicted molar refractivity (Wildman–Crippen MR) is 112 cm³/mol. The third kappa shape index (κ3) is 5.84. The van der Waals surface area contributed by atoms with Crippen LogP contribution in [0.2, 0.25) is 0 Å². The van der Waals surface area contributed by atoms with Crippen LogP contribution in [0.4, 0.5) is 5.69 Å². The van der Waals surface area contributed by atoms with Crippen LogP contribution in [0.1, 0.15) is 48.0 Å². The maximum absolute atomic E-state index is 12.4. The number of amides is 2. The minimum Gasteiger partial charge on any atom is -0.376 e. The third-order valence-corrected chi connectivity index (χ3v) is 5.22. The number of nitrogens with zero attached hydrogens (tertiary/aromatic N) is 1. The van der Waals surface area contributed by atoms with Gasteiger partial charge in [0.05, 0.1) is 6.54 Å². The number of rotatable bonds is 7. The first-order valence-electron chi connectivity index (χ1n) is 10.0. The Balaban J connectivity index is 1.45. The van der Waals surface area contributed by atoms with Gasteiger partial charge in [-0.2, -0.15) is 0 Å². The largest absolute Gasteiger partial charge is 0.376 e. The molecule has 1 fully saturated rings. The quantitative estimate of drug-likeness (QED) is 0.769. The third-order valence-electron chi connectivity index (χ3n) is 5.22. The highest BCUT2D eigenvalue weighted by Crippen LogP contribution is 2.18. The normalized spacial score (nSPS) is 14.3. The van der Waals surface area contributed by atoms with E-state index < -0.39 is 0 Å². The smallest absolute Gasteiger partial charge is 0.251 e. The Kier molecular flexibility index (Phi) is 7.06. The zero-order valence-corrected chi connectivity index (χ0v) is 16.5. The number of benzene rings is 2. The average molecular weight is 380 g/mol. The fourth-order valence-corrected chi connectivity index (χ4v) is 3.51. The van der Waals surface area contributed by atoms with Crippen molar-refractivity contribution in [1.82, 2.24) is 10.2 Å². The summed E-state index contributed by atoms with van der Waals surface area (Å²) in [4.78, 5) is 26.4. The summed E-state index contributed by atoms with van der Waals surface area (Å²) in [6, 6.07) is 17.5. The van der Waals surface area contributed by atoms with E-state index in [1.54, 1.807) is 24.1 Å². The molecule has 0 aliphatic heterocycles. The molecule has 2 aromatic carbocycles. The molecule has 0 heterocycles. The minimum atomic E-state index is -0.0166. The SMILES string of the molecule is CN(Cc1ccccc1)C(=O)CNc1ccc(C(=O)NC2CCCCC2)cc1. The van der Waals surface area contributed by atoms with Crippen LogP contribution in [0, 0.1) is 0 Å². The van der Waals surface area contributed by atoms with Crippen LogP contribution < -0.4 is 10.6 Å². The van der Waals surface area contributed by atoms with Crippen molar-refractivity contribution in [3.63, 3.8) is 0 Å². The molecule has 28 heavy (non-hydrogen) atoms. The number of hydrogen-bond donors (Lipinski definition) is 2. The molecule has 1 saturated carbocycles. The maximum Gasteiger partial charge on any atom is 0.251 e. The van der Waals surface area contributed by atoms with Gasteiger partial charge in [-0.05, 0) is 42.7 Å². The highest BCUT2D eigenvalue weighted by Gasteiger charge is 2.16. The van der Waals surface area contributed by atoms with E-state index in [4.69, 9.17) is 0 Å². The second kappa shape index (κ2) is 9.93. The molecule has 148 valence electrons. The Morgan fingerprint density at radius 1 is 0.964 bits per heavy atom. The van der Waals surface area contributed by atoms with E-state index in [1.807, 2.05) is 42.5 Å². The summed E-state index contributed by atoms with van der Waals surface area (Å²) in [6.45, 7) is 0.804. The molecule has 1 aliphatic rings. The number of hydrogen-bond acceptors (Lipinski definition) is 3. The molecule has 0 radical (unpaired) electrons. The summed E-state index contributed by atoms with van der Waals surface area (Å²) in [5, 5.41) is 6.26. The van der Waals surface area contributed by atoms with Crippen LogP contribution in [0.3, 0.4) is 0 Å². The molecule has 5 nitrogen and oxygen atoms in total. The Bertz CT molecular complexity index is 768. The van der Waals surface area contributed by atoms with Gasteiger partial charge < -0.3 is 15.5 Å². The van der Waals surface area contributed by atoms with Crippen LogP contribution in [0.5, 0.6) is 0 Å². The van der Waals surface area contributed by atoms with Crippen molar-refractivity contribution < 1.29 is 9.59 Å². The Hall–Kier alpha value is -2.82. The molecule has 3 rings (SSSR count). The fourth-order valence-electron chi connectivity index (χ4n) is 3.51. The van der Waals surface area contributed by atoms with Crippen molar-refractivity contribution in [1.29, 1.82) is 0 Å². The number of nitrogens with one attached hydrogen (secondary N) is 2. The van der Waals surface area contributed by atoms with Gasteiger partial charge >= 0.3 is 0 Å². The van der Waals surface area contributed by atoms with Gasteiger partial charge in [-0.15, -0.1) is 0 Å². The van der Waals surface area contributed by atoms with E-state index in [9.17, 15) is 9.59 Å². The first kappa shape index (κ1) is 19.9. The number of carbonyl (C=O) groups is 2. The monoisotopic (exact) mass is 379 g/mol. The summed E-state index contributed by atoms with van der Waals surface area (Å²) in [6.07, 6.45) is 5.81. The van der Waals surface area contributed by atoms with E-state index in [1.165, 1.54) is 19.3 Å². The van der Waals surface area contributed by atoms with Crippen LogP contribution in [0.25, 0.3) is 0 Å². The fraction of sp³-hybridized carbons (Fsp3) is 0.391. The first-order chi connectivity index (χ1) is 13.6. The van der Waals surface area contributed by atoms with E-state index in [2.05, 4.69) is 10.6 Å². The molecular weight excluding hydrogens is 350 g/mol. The summed E-state index contributed by atoms with van der Waals surface area (Å²) in [5.74, 6) is 0.0000851. The molecule has 2 N–H and O–H groups in total. The van der Waals surface area contributed by atoms with Gasteiger partial charge in [-0.3, -0.25) is 9.59 Å². The lowest BCUT2D eigenvalue weighted by Gasteiger charge is -2.22. The van der Waals surface area contributed by atoms with Crippen molar-refractivity contribution in [3.8, 4) is 0 Å².